The van der Waals surface area contributed by atoms with Gasteiger partial charge in [0.15, 0.2) is 0 Å². The monoisotopic (exact) mass is 198 g/mol. The van der Waals surface area contributed by atoms with Gasteiger partial charge in [0.25, 0.3) is 0 Å². The van der Waals surface area contributed by atoms with E-state index in [1.165, 1.54) is 5.57 Å². The Balaban J connectivity index is 3.51. The Kier molecular flexibility index (Phi) is 7.40. The van der Waals surface area contributed by atoms with Crippen molar-refractivity contribution in [1.29, 1.82) is 0 Å². The average Bonchev–Trinajstić information content (AvgIpc) is 2.02. The molecule has 2 heteroatoms. The van der Waals surface area contributed by atoms with Gasteiger partial charge in [0, 0.05) is 6.42 Å². The van der Waals surface area contributed by atoms with Crippen molar-refractivity contribution in [3.63, 3.8) is 0 Å². The van der Waals surface area contributed by atoms with Crippen LogP contribution >= 0.6 is 0 Å². The molecule has 0 aromatic rings. The van der Waals surface area contributed by atoms with E-state index < -0.39 is 0 Å². The van der Waals surface area contributed by atoms with Crippen LogP contribution in [-0.2, 0) is 9.53 Å². The highest BCUT2D eigenvalue weighted by Crippen LogP contribution is 2.04. The maximum atomic E-state index is 10.7. The lowest BCUT2D eigenvalue weighted by Gasteiger charge is -2.07. The summed E-state index contributed by atoms with van der Waals surface area (Å²) in [6, 6.07) is 0. The second-order valence-corrected chi connectivity index (χ2v) is 3.96. The van der Waals surface area contributed by atoms with Crippen LogP contribution in [0.5, 0.6) is 0 Å². The molecule has 0 aliphatic rings. The number of rotatable bonds is 7. The minimum absolute atomic E-state index is 0.257. The van der Waals surface area contributed by atoms with Crippen LogP contribution in [0.1, 0.15) is 47.0 Å². The quantitative estimate of drug-likeness (QED) is 0.587. The molecular weight excluding hydrogens is 176 g/mol. The molecule has 0 N–H and O–H groups in total. The van der Waals surface area contributed by atoms with Crippen LogP contribution in [0.4, 0.5) is 0 Å². The third-order valence-corrected chi connectivity index (χ3v) is 1.94. The van der Waals surface area contributed by atoms with Crippen molar-refractivity contribution in [2.24, 2.45) is 0 Å². The molecule has 0 unspecified atom stereocenters. The van der Waals surface area contributed by atoms with Gasteiger partial charge >= 0.3 is 0 Å². The van der Waals surface area contributed by atoms with Crippen LogP contribution in [0.3, 0.4) is 0 Å². The largest absolute Gasteiger partial charge is 0.378 e. The normalized spacial score (nSPS) is 12.2. The molecule has 14 heavy (non-hydrogen) atoms. The Labute approximate surface area is 87.3 Å². The van der Waals surface area contributed by atoms with Crippen LogP contribution in [0, 0.1) is 0 Å². The molecule has 0 aliphatic carbocycles. The SMILES string of the molecule is CC(=O)CCC=C(C)CCOC(C)C. The van der Waals surface area contributed by atoms with E-state index in [1.54, 1.807) is 6.92 Å². The number of Topliss-reactive ketones (excluding diaryl/α,β-unsaturated/α-hetero) is 1. The Bertz CT molecular complexity index is 192. The van der Waals surface area contributed by atoms with Crippen molar-refractivity contribution in [3.05, 3.63) is 11.6 Å². The standard InChI is InChI=1S/C12H22O2/c1-10(2)14-9-8-11(3)6-5-7-12(4)13/h6,10H,5,7-9H2,1-4H3. The third-order valence-electron chi connectivity index (χ3n) is 1.94. The van der Waals surface area contributed by atoms with E-state index in [-0.39, 0.29) is 5.78 Å². The first-order valence-electron chi connectivity index (χ1n) is 5.29. The van der Waals surface area contributed by atoms with Crippen LogP contribution in [0.15, 0.2) is 11.6 Å². The highest BCUT2D eigenvalue weighted by molar-refractivity contribution is 5.75. The van der Waals surface area contributed by atoms with Gasteiger partial charge in [0.1, 0.15) is 5.78 Å². The third kappa shape index (κ3) is 9.46. The molecule has 0 amide bonds. The lowest BCUT2D eigenvalue weighted by Crippen LogP contribution is -2.03. The smallest absolute Gasteiger partial charge is 0.130 e. The Hall–Kier alpha value is -0.630. The molecule has 0 heterocycles. The van der Waals surface area contributed by atoms with Gasteiger partial charge in [-0.2, -0.15) is 0 Å². The van der Waals surface area contributed by atoms with Crippen molar-refractivity contribution in [2.75, 3.05) is 6.61 Å². The van der Waals surface area contributed by atoms with Gasteiger partial charge in [-0.25, -0.2) is 0 Å². The molecule has 0 atom stereocenters. The van der Waals surface area contributed by atoms with Gasteiger partial charge in [0.2, 0.25) is 0 Å². The van der Waals surface area contributed by atoms with E-state index in [0.717, 1.165) is 19.4 Å². The van der Waals surface area contributed by atoms with Crippen LogP contribution in [0.2, 0.25) is 0 Å². The number of carbonyl (C=O) groups is 1. The summed E-state index contributed by atoms with van der Waals surface area (Å²) in [5.41, 5.74) is 1.31. The summed E-state index contributed by atoms with van der Waals surface area (Å²) in [4.78, 5) is 10.7. The number of ketones is 1. The molecule has 0 fully saturated rings. The second-order valence-electron chi connectivity index (χ2n) is 3.96. The van der Waals surface area contributed by atoms with Gasteiger partial charge in [-0.3, -0.25) is 0 Å². The zero-order valence-corrected chi connectivity index (χ0v) is 9.80. The molecule has 82 valence electrons. The van der Waals surface area contributed by atoms with E-state index in [1.807, 2.05) is 13.8 Å². The highest BCUT2D eigenvalue weighted by atomic mass is 16.5. The molecule has 0 rings (SSSR count). The summed E-state index contributed by atoms with van der Waals surface area (Å²) in [7, 11) is 0. The topological polar surface area (TPSA) is 26.3 Å². The highest BCUT2D eigenvalue weighted by Gasteiger charge is 1.95. The number of hydrogen-bond donors (Lipinski definition) is 0. The lowest BCUT2D eigenvalue weighted by molar-refractivity contribution is -0.116. The summed E-state index contributed by atoms with van der Waals surface area (Å²) in [5.74, 6) is 0.257. The molecule has 0 radical (unpaired) electrons. The summed E-state index contributed by atoms with van der Waals surface area (Å²) >= 11 is 0. The maximum Gasteiger partial charge on any atom is 0.130 e. The molecule has 0 aromatic heterocycles. The van der Waals surface area contributed by atoms with Gasteiger partial charge in [-0.15, -0.1) is 0 Å². The predicted octanol–water partition coefficient (Wildman–Crippen LogP) is 3.12. The molecular formula is C12H22O2. The summed E-state index contributed by atoms with van der Waals surface area (Å²) < 4.78 is 5.43. The van der Waals surface area contributed by atoms with Crippen LogP contribution < -0.4 is 0 Å². The van der Waals surface area contributed by atoms with E-state index >= 15 is 0 Å². The van der Waals surface area contributed by atoms with Crippen molar-refractivity contribution < 1.29 is 9.53 Å². The fraction of sp³-hybridized carbons (Fsp3) is 0.750. The lowest BCUT2D eigenvalue weighted by atomic mass is 10.1. The first-order valence-corrected chi connectivity index (χ1v) is 5.29. The average molecular weight is 198 g/mol. The van der Waals surface area contributed by atoms with Gasteiger partial charge in [-0.1, -0.05) is 11.6 Å². The summed E-state index contributed by atoms with van der Waals surface area (Å²) in [5, 5.41) is 0. The van der Waals surface area contributed by atoms with Crippen molar-refractivity contribution >= 4 is 5.78 Å². The maximum absolute atomic E-state index is 10.7. The van der Waals surface area contributed by atoms with Crippen molar-refractivity contribution in [1.82, 2.24) is 0 Å². The first kappa shape index (κ1) is 13.4. The van der Waals surface area contributed by atoms with Crippen molar-refractivity contribution in [3.8, 4) is 0 Å². The van der Waals surface area contributed by atoms with E-state index in [0.29, 0.717) is 12.5 Å². The van der Waals surface area contributed by atoms with E-state index in [2.05, 4.69) is 13.0 Å². The van der Waals surface area contributed by atoms with Crippen LogP contribution in [-0.4, -0.2) is 18.5 Å². The molecule has 0 saturated heterocycles. The molecule has 0 saturated carbocycles. The minimum atomic E-state index is 0.257. The van der Waals surface area contributed by atoms with E-state index in [9.17, 15) is 4.79 Å². The second kappa shape index (κ2) is 7.74. The van der Waals surface area contributed by atoms with E-state index in [4.69, 9.17) is 4.74 Å². The number of carbonyl (C=O) groups excluding carboxylic acids is 1. The minimum Gasteiger partial charge on any atom is -0.378 e. The first-order chi connectivity index (χ1) is 6.52. The molecule has 2 nitrogen and oxygen atoms in total. The number of allylic oxidation sites excluding steroid dienone is 1. The Morgan fingerprint density at radius 3 is 2.43 bits per heavy atom. The Morgan fingerprint density at radius 2 is 1.93 bits per heavy atom. The van der Waals surface area contributed by atoms with Gasteiger partial charge < -0.3 is 9.53 Å². The zero-order valence-electron chi connectivity index (χ0n) is 9.80. The molecule has 0 spiro atoms. The summed E-state index contributed by atoms with van der Waals surface area (Å²) in [6.07, 6.45) is 4.92. The predicted molar refractivity (Wildman–Crippen MR) is 59.4 cm³/mol. The van der Waals surface area contributed by atoms with Gasteiger partial charge in [-0.05, 0) is 40.5 Å². The van der Waals surface area contributed by atoms with Crippen LogP contribution in [0.25, 0.3) is 0 Å². The van der Waals surface area contributed by atoms with Gasteiger partial charge in [0.05, 0.1) is 12.7 Å². The fourth-order valence-electron chi connectivity index (χ4n) is 1.08. The molecule has 0 aliphatic heterocycles. The molecule has 0 bridgehead atoms. The number of hydrogen-bond acceptors (Lipinski definition) is 2. The van der Waals surface area contributed by atoms with Crippen molar-refractivity contribution in [2.45, 2.75) is 53.1 Å². The number of ether oxygens (including phenoxy) is 1. The fourth-order valence-corrected chi connectivity index (χ4v) is 1.08. The summed E-state index contributed by atoms with van der Waals surface area (Å²) in [6.45, 7) is 8.57. The molecule has 0 aromatic carbocycles. The zero-order chi connectivity index (χ0) is 11.0. The Morgan fingerprint density at radius 1 is 1.29 bits per heavy atom.